The fourth-order valence-electron chi connectivity index (χ4n) is 2.72. The number of aliphatic hydroxyl groups excluding tert-OH is 1. The molecule has 0 bridgehead atoms. The van der Waals surface area contributed by atoms with E-state index in [-0.39, 0.29) is 5.41 Å². The minimum atomic E-state index is 0.126. The number of hydrogen-bond acceptors (Lipinski definition) is 3. The fourth-order valence-corrected chi connectivity index (χ4v) is 4.17. The predicted molar refractivity (Wildman–Crippen MR) is 81.0 cm³/mol. The summed E-state index contributed by atoms with van der Waals surface area (Å²) in [6.45, 7) is 3.45. The van der Waals surface area contributed by atoms with Crippen LogP contribution in [0.3, 0.4) is 0 Å². The number of halogens is 1. The van der Waals surface area contributed by atoms with Crippen LogP contribution in [-0.4, -0.2) is 18.3 Å². The summed E-state index contributed by atoms with van der Waals surface area (Å²) in [5.74, 6) is 0. The van der Waals surface area contributed by atoms with Crippen LogP contribution in [0.15, 0.2) is 15.9 Å². The van der Waals surface area contributed by atoms with Crippen LogP contribution in [-0.2, 0) is 0 Å². The van der Waals surface area contributed by atoms with Gasteiger partial charge < -0.3 is 10.4 Å². The topological polar surface area (TPSA) is 32.3 Å². The first-order chi connectivity index (χ1) is 8.65. The van der Waals surface area contributed by atoms with Gasteiger partial charge in [-0.1, -0.05) is 19.3 Å². The summed E-state index contributed by atoms with van der Waals surface area (Å²) >= 11 is 5.28. The van der Waals surface area contributed by atoms with Crippen molar-refractivity contribution in [3.8, 4) is 0 Å². The summed E-state index contributed by atoms with van der Waals surface area (Å²) in [5.41, 5.74) is 0.126. The van der Waals surface area contributed by atoms with Crippen molar-refractivity contribution >= 4 is 27.3 Å². The maximum absolute atomic E-state index is 9.68. The molecule has 18 heavy (non-hydrogen) atoms. The van der Waals surface area contributed by atoms with E-state index in [4.69, 9.17) is 0 Å². The molecular formula is C14H22BrNOS. The van der Waals surface area contributed by atoms with Crippen LogP contribution in [0.4, 0.5) is 0 Å². The fraction of sp³-hybridized carbons (Fsp3) is 0.714. The second-order valence-corrected chi connectivity index (χ2v) is 7.96. The van der Waals surface area contributed by atoms with Gasteiger partial charge in [0.05, 0.1) is 3.79 Å². The lowest BCUT2D eigenvalue weighted by molar-refractivity contribution is 0.0790. The Hall–Kier alpha value is 0.1000. The molecule has 0 spiro atoms. The molecule has 2 nitrogen and oxygen atoms in total. The Bertz CT molecular complexity index is 374. The lowest BCUT2D eigenvalue weighted by Gasteiger charge is -2.36. The van der Waals surface area contributed by atoms with Gasteiger partial charge in [-0.25, -0.2) is 0 Å². The highest BCUT2D eigenvalue weighted by Crippen LogP contribution is 2.36. The van der Waals surface area contributed by atoms with Crippen molar-refractivity contribution in [2.75, 3.05) is 13.2 Å². The molecule has 1 aliphatic rings. The molecule has 2 N–H and O–H groups in total. The van der Waals surface area contributed by atoms with Crippen LogP contribution in [0.2, 0.25) is 0 Å². The Morgan fingerprint density at radius 2 is 2.11 bits per heavy atom. The van der Waals surface area contributed by atoms with Gasteiger partial charge in [-0.15, -0.1) is 11.3 Å². The highest BCUT2D eigenvalue weighted by molar-refractivity contribution is 9.11. The molecule has 1 aromatic heterocycles. The van der Waals surface area contributed by atoms with E-state index in [9.17, 15) is 5.11 Å². The molecule has 1 fully saturated rings. The summed E-state index contributed by atoms with van der Waals surface area (Å²) < 4.78 is 1.18. The summed E-state index contributed by atoms with van der Waals surface area (Å²) in [7, 11) is 0. The van der Waals surface area contributed by atoms with Gasteiger partial charge in [0.2, 0.25) is 0 Å². The predicted octanol–water partition coefficient (Wildman–Crippen LogP) is 4.10. The molecule has 0 radical (unpaired) electrons. The molecule has 1 aliphatic carbocycles. The molecule has 1 heterocycles. The summed E-state index contributed by atoms with van der Waals surface area (Å²) in [5, 5.41) is 13.3. The summed E-state index contributed by atoms with van der Waals surface area (Å²) in [6.07, 6.45) is 6.19. The molecule has 0 aromatic carbocycles. The second kappa shape index (κ2) is 6.51. The summed E-state index contributed by atoms with van der Waals surface area (Å²) in [6, 6.07) is 4.63. The molecular weight excluding hydrogens is 310 g/mol. The molecule has 2 rings (SSSR count). The lowest BCUT2D eigenvalue weighted by atomic mass is 9.74. The van der Waals surface area contributed by atoms with E-state index >= 15 is 0 Å². The lowest BCUT2D eigenvalue weighted by Crippen LogP contribution is -2.39. The van der Waals surface area contributed by atoms with E-state index in [1.165, 1.54) is 27.9 Å². The number of rotatable bonds is 5. The smallest absolute Gasteiger partial charge is 0.0701 e. The molecule has 4 heteroatoms. The Kier molecular flexibility index (Phi) is 5.24. The molecule has 1 unspecified atom stereocenters. The molecule has 0 aliphatic heterocycles. The normalized spacial score (nSPS) is 20.8. The number of hydrogen-bond donors (Lipinski definition) is 2. The highest BCUT2D eigenvalue weighted by atomic mass is 79.9. The van der Waals surface area contributed by atoms with Crippen LogP contribution < -0.4 is 5.32 Å². The maximum atomic E-state index is 9.68. The van der Waals surface area contributed by atoms with E-state index in [0.717, 1.165) is 19.4 Å². The number of aliphatic hydroxyl groups is 1. The van der Waals surface area contributed by atoms with Gasteiger partial charge in [-0.3, -0.25) is 0 Å². The molecule has 1 saturated carbocycles. The van der Waals surface area contributed by atoms with Crippen LogP contribution in [0.5, 0.6) is 0 Å². The molecule has 0 saturated heterocycles. The van der Waals surface area contributed by atoms with Crippen molar-refractivity contribution in [3.05, 3.63) is 20.8 Å². The number of thiophene rings is 1. The second-order valence-electron chi connectivity index (χ2n) is 5.46. The van der Waals surface area contributed by atoms with Crippen molar-refractivity contribution in [2.24, 2.45) is 5.41 Å². The quantitative estimate of drug-likeness (QED) is 0.851. The molecule has 102 valence electrons. The average molecular weight is 332 g/mol. The van der Waals surface area contributed by atoms with E-state index in [1.807, 2.05) is 0 Å². The zero-order valence-corrected chi connectivity index (χ0v) is 13.3. The van der Waals surface area contributed by atoms with Crippen molar-refractivity contribution in [2.45, 2.75) is 45.1 Å². The number of nitrogens with one attached hydrogen (secondary N) is 1. The van der Waals surface area contributed by atoms with Gasteiger partial charge in [0, 0.05) is 29.5 Å². The van der Waals surface area contributed by atoms with Gasteiger partial charge in [-0.05, 0) is 47.8 Å². The largest absolute Gasteiger partial charge is 0.396 e. The van der Waals surface area contributed by atoms with Crippen molar-refractivity contribution in [1.29, 1.82) is 0 Å². The van der Waals surface area contributed by atoms with Gasteiger partial charge in [0.15, 0.2) is 0 Å². The first kappa shape index (κ1) is 14.5. The van der Waals surface area contributed by atoms with Crippen LogP contribution in [0, 0.1) is 5.41 Å². The molecule has 1 atom stereocenters. The van der Waals surface area contributed by atoms with Crippen LogP contribution in [0.25, 0.3) is 0 Å². The monoisotopic (exact) mass is 331 g/mol. The minimum Gasteiger partial charge on any atom is -0.396 e. The van der Waals surface area contributed by atoms with E-state index in [1.54, 1.807) is 11.3 Å². The van der Waals surface area contributed by atoms with Gasteiger partial charge in [0.1, 0.15) is 0 Å². The van der Waals surface area contributed by atoms with Crippen molar-refractivity contribution < 1.29 is 5.11 Å². The van der Waals surface area contributed by atoms with Crippen LogP contribution >= 0.6 is 27.3 Å². The van der Waals surface area contributed by atoms with Gasteiger partial charge >= 0.3 is 0 Å². The van der Waals surface area contributed by atoms with Gasteiger partial charge in [0.25, 0.3) is 0 Å². The Morgan fingerprint density at radius 1 is 1.39 bits per heavy atom. The highest BCUT2D eigenvalue weighted by Gasteiger charge is 2.31. The third-order valence-corrected chi connectivity index (χ3v) is 5.86. The zero-order valence-electron chi connectivity index (χ0n) is 10.9. The Morgan fingerprint density at radius 3 is 2.67 bits per heavy atom. The third-order valence-electron chi connectivity index (χ3n) is 4.05. The standard InChI is InChI=1S/C14H22BrNOS/c1-11(12-5-6-13(15)18-12)16-9-14(10-17)7-3-2-4-8-14/h5-6,11,16-17H,2-4,7-10H2,1H3. The third kappa shape index (κ3) is 3.56. The Balaban J connectivity index is 1.89. The van der Waals surface area contributed by atoms with Crippen LogP contribution in [0.1, 0.15) is 49.9 Å². The average Bonchev–Trinajstić information content (AvgIpc) is 2.84. The van der Waals surface area contributed by atoms with E-state index in [0.29, 0.717) is 12.6 Å². The van der Waals surface area contributed by atoms with E-state index in [2.05, 4.69) is 40.3 Å². The van der Waals surface area contributed by atoms with Gasteiger partial charge in [-0.2, -0.15) is 0 Å². The first-order valence-electron chi connectivity index (χ1n) is 6.75. The SMILES string of the molecule is CC(NCC1(CO)CCCCC1)c1ccc(Br)s1. The molecule has 1 aromatic rings. The Labute approximate surface area is 122 Å². The first-order valence-corrected chi connectivity index (χ1v) is 8.36. The zero-order chi connectivity index (χ0) is 13.0. The summed E-state index contributed by atoms with van der Waals surface area (Å²) in [4.78, 5) is 1.35. The maximum Gasteiger partial charge on any atom is 0.0701 e. The van der Waals surface area contributed by atoms with Crippen molar-refractivity contribution in [3.63, 3.8) is 0 Å². The van der Waals surface area contributed by atoms with Crippen molar-refractivity contribution in [1.82, 2.24) is 5.32 Å². The minimum absolute atomic E-state index is 0.126. The molecule has 0 amide bonds. The van der Waals surface area contributed by atoms with E-state index < -0.39 is 0 Å².